The van der Waals surface area contributed by atoms with Gasteiger partial charge in [0.05, 0.1) is 0 Å². The molecule has 1 aromatic carbocycles. The van der Waals surface area contributed by atoms with Gasteiger partial charge >= 0.3 is 6.29 Å². The third kappa shape index (κ3) is 1.41. The molecular weight excluding hydrogens is 248 g/mol. The molecule has 0 amide bonds. The molecule has 0 atom stereocenters. The van der Waals surface area contributed by atoms with Crippen molar-refractivity contribution in [2.24, 2.45) is 0 Å². The normalized spacial score (nSPS) is 17.5. The van der Waals surface area contributed by atoms with E-state index in [1.54, 1.807) is 0 Å². The van der Waals surface area contributed by atoms with E-state index in [-0.39, 0.29) is 11.5 Å². The highest BCUT2D eigenvalue weighted by Gasteiger charge is 2.43. The summed E-state index contributed by atoms with van der Waals surface area (Å²) in [5, 5.41) is 0. The number of fused-ring (bicyclic) bond motifs is 1. The van der Waals surface area contributed by atoms with Gasteiger partial charge in [0.15, 0.2) is 11.5 Å². The minimum atomic E-state index is -3.59. The van der Waals surface area contributed by atoms with Crippen LogP contribution in [0.15, 0.2) is 16.6 Å². The molecule has 0 spiro atoms. The van der Waals surface area contributed by atoms with Crippen molar-refractivity contribution in [1.29, 1.82) is 0 Å². The second kappa shape index (κ2) is 2.47. The molecular formula is C7H4BrF2NO2. The van der Waals surface area contributed by atoms with Crippen LogP contribution in [-0.2, 0) is 0 Å². The van der Waals surface area contributed by atoms with Gasteiger partial charge in [-0.1, -0.05) is 0 Å². The van der Waals surface area contributed by atoms with Crippen LogP contribution in [-0.4, -0.2) is 6.29 Å². The first-order valence-electron chi connectivity index (χ1n) is 3.33. The molecule has 1 aliphatic rings. The molecule has 3 nitrogen and oxygen atoms in total. The van der Waals surface area contributed by atoms with Gasteiger partial charge in [-0.25, -0.2) is 0 Å². The Balaban J connectivity index is 2.48. The van der Waals surface area contributed by atoms with Gasteiger partial charge < -0.3 is 15.2 Å². The van der Waals surface area contributed by atoms with E-state index < -0.39 is 6.29 Å². The lowest BCUT2D eigenvalue weighted by Gasteiger charge is -2.04. The molecule has 1 heterocycles. The minimum Gasteiger partial charge on any atom is -0.398 e. The molecule has 1 aromatic rings. The maximum Gasteiger partial charge on any atom is 0.586 e. The summed E-state index contributed by atoms with van der Waals surface area (Å²) in [6, 6.07) is 2.62. The fraction of sp³-hybridized carbons (Fsp3) is 0.143. The molecule has 0 saturated heterocycles. The Labute approximate surface area is 80.6 Å². The van der Waals surface area contributed by atoms with E-state index in [1.807, 2.05) is 0 Å². The van der Waals surface area contributed by atoms with Crippen LogP contribution in [0.4, 0.5) is 14.5 Å². The number of anilines is 1. The van der Waals surface area contributed by atoms with Crippen molar-refractivity contribution >= 4 is 21.6 Å². The van der Waals surface area contributed by atoms with Gasteiger partial charge in [-0.15, -0.1) is 8.78 Å². The van der Waals surface area contributed by atoms with E-state index in [0.29, 0.717) is 10.2 Å². The van der Waals surface area contributed by atoms with Crippen molar-refractivity contribution in [3.8, 4) is 11.5 Å². The molecule has 0 fully saturated rings. The van der Waals surface area contributed by atoms with Crippen molar-refractivity contribution in [2.75, 3.05) is 5.73 Å². The second-order valence-corrected chi connectivity index (χ2v) is 3.34. The summed E-state index contributed by atoms with van der Waals surface area (Å²) in [7, 11) is 0. The zero-order valence-electron chi connectivity index (χ0n) is 6.18. The Kier molecular flexibility index (Phi) is 1.63. The Bertz CT molecular complexity index is 337. The average molecular weight is 252 g/mol. The molecule has 2 rings (SSSR count). The van der Waals surface area contributed by atoms with Crippen LogP contribution in [0.3, 0.4) is 0 Å². The number of hydrogen-bond donors (Lipinski definition) is 1. The maximum atomic E-state index is 12.5. The lowest BCUT2D eigenvalue weighted by Crippen LogP contribution is -2.25. The summed E-state index contributed by atoms with van der Waals surface area (Å²) in [4.78, 5) is 0. The molecule has 70 valence electrons. The van der Waals surface area contributed by atoms with Gasteiger partial charge in [-0.05, 0) is 15.9 Å². The third-order valence-corrected chi connectivity index (χ3v) is 2.21. The Morgan fingerprint density at radius 2 is 1.77 bits per heavy atom. The first-order chi connectivity index (χ1) is 5.98. The maximum absolute atomic E-state index is 12.5. The van der Waals surface area contributed by atoms with Crippen LogP contribution in [0.1, 0.15) is 0 Å². The SMILES string of the molecule is Nc1cc2c(cc1Br)OC(F)(F)O2. The van der Waals surface area contributed by atoms with Crippen molar-refractivity contribution < 1.29 is 18.3 Å². The van der Waals surface area contributed by atoms with Crippen molar-refractivity contribution in [3.05, 3.63) is 16.6 Å². The molecule has 0 aromatic heterocycles. The molecule has 2 N–H and O–H groups in total. The number of nitrogen functional groups attached to an aromatic ring is 1. The zero-order valence-corrected chi connectivity index (χ0v) is 7.77. The van der Waals surface area contributed by atoms with Gasteiger partial charge in [0, 0.05) is 22.3 Å². The summed E-state index contributed by atoms with van der Waals surface area (Å²) < 4.78 is 33.9. The second-order valence-electron chi connectivity index (χ2n) is 2.49. The summed E-state index contributed by atoms with van der Waals surface area (Å²) in [6.45, 7) is 0. The largest absolute Gasteiger partial charge is 0.586 e. The van der Waals surface area contributed by atoms with Crippen LogP contribution in [0, 0.1) is 0 Å². The number of ether oxygens (including phenoxy) is 2. The average Bonchev–Trinajstić information content (AvgIpc) is 2.24. The van der Waals surface area contributed by atoms with Gasteiger partial charge in [0.1, 0.15) is 0 Å². The van der Waals surface area contributed by atoms with Gasteiger partial charge in [-0.2, -0.15) is 0 Å². The summed E-state index contributed by atoms with van der Waals surface area (Å²) >= 11 is 3.08. The van der Waals surface area contributed by atoms with Crippen LogP contribution < -0.4 is 15.2 Å². The lowest BCUT2D eigenvalue weighted by atomic mass is 10.3. The molecule has 1 aliphatic heterocycles. The van der Waals surface area contributed by atoms with Gasteiger partial charge in [-0.3, -0.25) is 0 Å². The molecule has 0 radical (unpaired) electrons. The Morgan fingerprint density at radius 3 is 2.38 bits per heavy atom. The highest BCUT2D eigenvalue weighted by molar-refractivity contribution is 9.10. The lowest BCUT2D eigenvalue weighted by molar-refractivity contribution is -0.286. The smallest absolute Gasteiger partial charge is 0.398 e. The topological polar surface area (TPSA) is 44.5 Å². The number of alkyl halides is 2. The van der Waals surface area contributed by atoms with Crippen LogP contribution in [0.5, 0.6) is 11.5 Å². The zero-order chi connectivity index (χ0) is 9.64. The van der Waals surface area contributed by atoms with Gasteiger partial charge in [0.2, 0.25) is 0 Å². The highest BCUT2D eigenvalue weighted by Crippen LogP contribution is 2.44. The standard InChI is InChI=1S/C7H4BrF2NO2/c8-3-1-5-6(2-4(3)11)13-7(9,10)12-5/h1-2H,11H2. The van der Waals surface area contributed by atoms with E-state index in [2.05, 4.69) is 25.4 Å². The number of rotatable bonds is 0. The number of hydrogen-bond acceptors (Lipinski definition) is 3. The number of halogens is 3. The predicted molar refractivity (Wildman–Crippen MR) is 44.8 cm³/mol. The van der Waals surface area contributed by atoms with E-state index >= 15 is 0 Å². The highest BCUT2D eigenvalue weighted by atomic mass is 79.9. The van der Waals surface area contributed by atoms with Crippen molar-refractivity contribution in [2.45, 2.75) is 6.29 Å². The van der Waals surface area contributed by atoms with E-state index in [0.717, 1.165) is 0 Å². The summed E-state index contributed by atoms with van der Waals surface area (Å²) in [5.41, 5.74) is 5.77. The fourth-order valence-electron chi connectivity index (χ4n) is 0.987. The third-order valence-electron chi connectivity index (χ3n) is 1.52. The van der Waals surface area contributed by atoms with Crippen molar-refractivity contribution in [1.82, 2.24) is 0 Å². The van der Waals surface area contributed by atoms with Crippen LogP contribution in [0.25, 0.3) is 0 Å². The molecule has 0 bridgehead atoms. The van der Waals surface area contributed by atoms with Crippen LogP contribution in [0.2, 0.25) is 0 Å². The minimum absolute atomic E-state index is 0.0222. The van der Waals surface area contributed by atoms with E-state index in [1.165, 1.54) is 12.1 Å². The summed E-state index contributed by atoms with van der Waals surface area (Å²) in [6.07, 6.45) is -3.59. The first kappa shape index (κ1) is 8.55. The Morgan fingerprint density at radius 1 is 1.23 bits per heavy atom. The molecule has 0 unspecified atom stereocenters. The monoisotopic (exact) mass is 251 g/mol. The first-order valence-corrected chi connectivity index (χ1v) is 4.12. The van der Waals surface area contributed by atoms with E-state index in [4.69, 9.17) is 5.73 Å². The molecule has 6 heteroatoms. The quantitative estimate of drug-likeness (QED) is 0.721. The Hall–Kier alpha value is -1.04. The number of nitrogens with two attached hydrogens (primary N) is 1. The van der Waals surface area contributed by atoms with Crippen LogP contribution >= 0.6 is 15.9 Å². The molecule has 0 aliphatic carbocycles. The molecule has 0 saturated carbocycles. The van der Waals surface area contributed by atoms with Crippen molar-refractivity contribution in [3.63, 3.8) is 0 Å². The number of benzene rings is 1. The van der Waals surface area contributed by atoms with E-state index in [9.17, 15) is 8.78 Å². The molecule has 13 heavy (non-hydrogen) atoms. The van der Waals surface area contributed by atoms with Gasteiger partial charge in [0.25, 0.3) is 0 Å². The predicted octanol–water partition coefficient (Wildman–Crippen LogP) is 2.35. The summed E-state index contributed by atoms with van der Waals surface area (Å²) in [5.74, 6) is -0.0724. The fourth-order valence-corrected chi connectivity index (χ4v) is 1.31.